The predicted octanol–water partition coefficient (Wildman–Crippen LogP) is 5.03. The fourth-order valence-corrected chi connectivity index (χ4v) is 4.36. The molecular formula is C17H16ClN3OS2. The Balaban J connectivity index is 1.67. The smallest absolute Gasteiger partial charge is 0.234 e. The number of nitrogens with zero attached hydrogens (tertiary/aromatic N) is 2. The van der Waals surface area contributed by atoms with Crippen molar-refractivity contribution in [1.29, 1.82) is 0 Å². The van der Waals surface area contributed by atoms with Crippen LogP contribution in [-0.2, 0) is 11.2 Å². The lowest BCUT2D eigenvalue weighted by molar-refractivity contribution is -0.113. The molecule has 7 heteroatoms. The van der Waals surface area contributed by atoms with E-state index in [4.69, 9.17) is 11.6 Å². The zero-order chi connectivity index (χ0) is 16.9. The van der Waals surface area contributed by atoms with Crippen molar-refractivity contribution in [2.24, 2.45) is 0 Å². The molecule has 3 aromatic rings. The van der Waals surface area contributed by atoms with E-state index in [2.05, 4.69) is 28.3 Å². The molecule has 0 aliphatic rings. The van der Waals surface area contributed by atoms with Gasteiger partial charge >= 0.3 is 0 Å². The molecule has 1 amide bonds. The number of aryl methyl sites for hydroxylation is 1. The minimum Gasteiger partial charge on any atom is -0.325 e. The number of amides is 1. The average molecular weight is 378 g/mol. The van der Waals surface area contributed by atoms with E-state index in [1.165, 1.54) is 16.6 Å². The number of benzene rings is 1. The average Bonchev–Trinajstić information content (AvgIpc) is 2.97. The highest BCUT2D eigenvalue weighted by molar-refractivity contribution is 7.99. The van der Waals surface area contributed by atoms with Gasteiger partial charge in [0, 0.05) is 16.0 Å². The molecule has 2 heterocycles. The minimum absolute atomic E-state index is 0.0936. The molecule has 0 aliphatic carbocycles. The fraction of sp³-hybridized carbons (Fsp3) is 0.235. The topological polar surface area (TPSA) is 54.9 Å². The molecule has 0 atom stereocenters. The van der Waals surface area contributed by atoms with Crippen molar-refractivity contribution in [3.8, 4) is 0 Å². The molecule has 24 heavy (non-hydrogen) atoms. The van der Waals surface area contributed by atoms with Crippen LogP contribution < -0.4 is 5.32 Å². The second-order valence-corrected chi connectivity index (χ2v) is 7.60. The molecule has 0 saturated carbocycles. The van der Waals surface area contributed by atoms with Crippen LogP contribution in [0.15, 0.2) is 41.6 Å². The standard InChI is InChI=1S/C17H16ClN3OS2/c1-2-6-12-9-13-15(18)20-17(21-16(13)24-12)23-10-14(22)19-11-7-4-3-5-8-11/h3-5,7-9H,2,6,10H2,1H3,(H,19,22). The van der Waals surface area contributed by atoms with Crippen LogP contribution in [0.2, 0.25) is 5.15 Å². The molecule has 4 nitrogen and oxygen atoms in total. The maximum Gasteiger partial charge on any atom is 0.234 e. The van der Waals surface area contributed by atoms with Gasteiger partial charge in [-0.05, 0) is 24.6 Å². The Morgan fingerprint density at radius 1 is 1.29 bits per heavy atom. The summed E-state index contributed by atoms with van der Waals surface area (Å²) < 4.78 is 0. The number of thioether (sulfide) groups is 1. The first-order valence-corrected chi connectivity index (χ1v) is 9.77. The summed E-state index contributed by atoms with van der Waals surface area (Å²) in [5, 5.41) is 4.71. The van der Waals surface area contributed by atoms with Gasteiger partial charge in [0.15, 0.2) is 5.16 Å². The number of thiophene rings is 1. The van der Waals surface area contributed by atoms with Crippen molar-refractivity contribution in [2.45, 2.75) is 24.9 Å². The number of aromatic nitrogens is 2. The summed E-state index contributed by atoms with van der Waals surface area (Å²) in [6.45, 7) is 2.14. The summed E-state index contributed by atoms with van der Waals surface area (Å²) in [5.74, 6) is 0.146. The molecular weight excluding hydrogens is 362 g/mol. The van der Waals surface area contributed by atoms with Crippen molar-refractivity contribution in [2.75, 3.05) is 11.1 Å². The second-order valence-electron chi connectivity index (χ2n) is 5.18. The SMILES string of the molecule is CCCc1cc2c(Cl)nc(SCC(=O)Nc3ccccc3)nc2s1. The zero-order valence-corrected chi connectivity index (χ0v) is 15.5. The Kier molecular flexibility index (Phi) is 5.71. The van der Waals surface area contributed by atoms with E-state index in [1.807, 2.05) is 30.3 Å². The molecule has 0 aliphatic heterocycles. The van der Waals surface area contributed by atoms with Gasteiger partial charge < -0.3 is 5.32 Å². The molecule has 1 aromatic carbocycles. The van der Waals surface area contributed by atoms with Crippen LogP contribution in [0, 0.1) is 0 Å². The van der Waals surface area contributed by atoms with Crippen LogP contribution in [-0.4, -0.2) is 21.6 Å². The molecule has 0 fully saturated rings. The fourth-order valence-electron chi connectivity index (χ4n) is 2.20. The predicted molar refractivity (Wildman–Crippen MR) is 102 cm³/mol. The van der Waals surface area contributed by atoms with E-state index < -0.39 is 0 Å². The number of rotatable bonds is 6. The van der Waals surface area contributed by atoms with Crippen molar-refractivity contribution in [3.05, 3.63) is 46.4 Å². The molecule has 0 unspecified atom stereocenters. The van der Waals surface area contributed by atoms with Crippen LogP contribution in [0.25, 0.3) is 10.2 Å². The largest absolute Gasteiger partial charge is 0.325 e. The van der Waals surface area contributed by atoms with Crippen molar-refractivity contribution >= 4 is 56.5 Å². The Morgan fingerprint density at radius 3 is 2.83 bits per heavy atom. The number of carbonyl (C=O) groups is 1. The number of para-hydroxylation sites is 1. The quantitative estimate of drug-likeness (QED) is 0.372. The summed E-state index contributed by atoms with van der Waals surface area (Å²) in [5.41, 5.74) is 0.778. The lowest BCUT2D eigenvalue weighted by atomic mass is 10.3. The van der Waals surface area contributed by atoms with Gasteiger partial charge in [0.1, 0.15) is 9.98 Å². The Labute approximate surface area is 153 Å². The third-order valence-electron chi connectivity index (χ3n) is 3.26. The number of halogens is 1. The summed E-state index contributed by atoms with van der Waals surface area (Å²) in [6.07, 6.45) is 2.10. The lowest BCUT2D eigenvalue weighted by Gasteiger charge is -2.04. The van der Waals surface area contributed by atoms with Crippen LogP contribution in [0.5, 0.6) is 0 Å². The summed E-state index contributed by atoms with van der Waals surface area (Å²) in [4.78, 5) is 23.0. The highest BCUT2D eigenvalue weighted by atomic mass is 35.5. The Hall–Kier alpha value is -1.63. The van der Waals surface area contributed by atoms with E-state index in [9.17, 15) is 4.79 Å². The maximum atomic E-state index is 12.0. The number of hydrogen-bond acceptors (Lipinski definition) is 5. The summed E-state index contributed by atoms with van der Waals surface area (Å²) in [7, 11) is 0. The van der Waals surface area contributed by atoms with Gasteiger partial charge in [-0.3, -0.25) is 4.79 Å². The van der Waals surface area contributed by atoms with Gasteiger partial charge in [-0.15, -0.1) is 11.3 Å². The Morgan fingerprint density at radius 2 is 2.08 bits per heavy atom. The molecule has 0 bridgehead atoms. The third kappa shape index (κ3) is 4.26. The molecule has 124 valence electrons. The van der Waals surface area contributed by atoms with E-state index in [-0.39, 0.29) is 11.7 Å². The van der Waals surface area contributed by atoms with Crippen LogP contribution in [0.1, 0.15) is 18.2 Å². The lowest BCUT2D eigenvalue weighted by Crippen LogP contribution is -2.14. The van der Waals surface area contributed by atoms with E-state index >= 15 is 0 Å². The number of carbonyl (C=O) groups excluding carboxylic acids is 1. The molecule has 0 spiro atoms. The highest BCUT2D eigenvalue weighted by Gasteiger charge is 2.12. The molecule has 1 N–H and O–H groups in total. The summed E-state index contributed by atoms with van der Waals surface area (Å²) in [6, 6.07) is 11.4. The molecule has 0 saturated heterocycles. The van der Waals surface area contributed by atoms with Gasteiger partial charge in [-0.2, -0.15) is 0 Å². The monoisotopic (exact) mass is 377 g/mol. The molecule has 0 radical (unpaired) electrons. The maximum absolute atomic E-state index is 12.0. The van der Waals surface area contributed by atoms with Gasteiger partial charge in [0.05, 0.1) is 5.75 Å². The van der Waals surface area contributed by atoms with Crippen LogP contribution in [0.4, 0.5) is 5.69 Å². The normalized spacial score (nSPS) is 10.9. The number of fused-ring (bicyclic) bond motifs is 1. The van der Waals surface area contributed by atoms with E-state index in [0.717, 1.165) is 28.7 Å². The number of hydrogen-bond donors (Lipinski definition) is 1. The van der Waals surface area contributed by atoms with Gasteiger partial charge in [-0.1, -0.05) is 54.9 Å². The van der Waals surface area contributed by atoms with E-state index in [0.29, 0.717) is 10.3 Å². The van der Waals surface area contributed by atoms with E-state index in [1.54, 1.807) is 11.3 Å². The van der Waals surface area contributed by atoms with Gasteiger partial charge in [0.2, 0.25) is 5.91 Å². The number of anilines is 1. The van der Waals surface area contributed by atoms with Crippen molar-refractivity contribution < 1.29 is 4.79 Å². The number of nitrogens with one attached hydrogen (secondary N) is 1. The van der Waals surface area contributed by atoms with Crippen LogP contribution >= 0.6 is 34.7 Å². The zero-order valence-electron chi connectivity index (χ0n) is 13.1. The molecule has 3 rings (SSSR count). The summed E-state index contributed by atoms with van der Waals surface area (Å²) >= 11 is 9.19. The highest BCUT2D eigenvalue weighted by Crippen LogP contribution is 2.31. The minimum atomic E-state index is -0.0936. The van der Waals surface area contributed by atoms with Gasteiger partial charge in [0.25, 0.3) is 0 Å². The van der Waals surface area contributed by atoms with Crippen molar-refractivity contribution in [1.82, 2.24) is 9.97 Å². The molecule has 2 aromatic heterocycles. The third-order valence-corrected chi connectivity index (χ3v) is 5.49. The Bertz CT molecular complexity index is 852. The first kappa shape index (κ1) is 17.2. The van der Waals surface area contributed by atoms with Crippen molar-refractivity contribution in [3.63, 3.8) is 0 Å². The van der Waals surface area contributed by atoms with Crippen LogP contribution in [0.3, 0.4) is 0 Å². The first-order valence-electron chi connectivity index (χ1n) is 7.59. The second kappa shape index (κ2) is 7.96. The van der Waals surface area contributed by atoms with Gasteiger partial charge in [-0.25, -0.2) is 9.97 Å². The first-order chi connectivity index (χ1) is 11.7.